The zero-order valence-corrected chi connectivity index (χ0v) is 17.8. The molecule has 5 heterocycles. The van der Waals surface area contributed by atoms with Gasteiger partial charge in [0.1, 0.15) is 10.7 Å². The summed E-state index contributed by atoms with van der Waals surface area (Å²) in [5.74, 6) is 1.55. The van der Waals surface area contributed by atoms with Crippen molar-refractivity contribution in [3.63, 3.8) is 0 Å². The van der Waals surface area contributed by atoms with Crippen molar-refractivity contribution in [2.24, 2.45) is 0 Å². The minimum atomic E-state index is -0.0104. The first kappa shape index (κ1) is 19.2. The Balaban J connectivity index is 1.41. The van der Waals surface area contributed by atoms with Crippen LogP contribution >= 0.6 is 11.3 Å². The molecule has 0 spiro atoms. The second-order valence-electron chi connectivity index (χ2n) is 7.86. The standard InChI is InChI=1S/C21H24N6O2S/c1-14-16-18(24-15-6-3-2-4-9-27(15)19(16)28)30-17(14)20(29)25-10-12-26(13-11-25)21-22-7-5-8-23-21/h5,7-8H,2-4,6,9-13H2,1H3. The van der Waals surface area contributed by atoms with E-state index >= 15 is 0 Å². The zero-order valence-electron chi connectivity index (χ0n) is 17.0. The van der Waals surface area contributed by atoms with E-state index in [9.17, 15) is 9.59 Å². The first-order chi connectivity index (χ1) is 14.6. The predicted octanol–water partition coefficient (Wildman–Crippen LogP) is 2.25. The molecule has 0 saturated carbocycles. The molecule has 2 aliphatic rings. The molecule has 8 nitrogen and oxygen atoms in total. The molecule has 1 fully saturated rings. The molecule has 156 valence electrons. The van der Waals surface area contributed by atoms with Gasteiger partial charge in [-0.05, 0) is 31.4 Å². The van der Waals surface area contributed by atoms with Crippen molar-refractivity contribution in [3.8, 4) is 0 Å². The maximum Gasteiger partial charge on any atom is 0.264 e. The van der Waals surface area contributed by atoms with Crippen LogP contribution in [-0.4, -0.2) is 56.5 Å². The lowest BCUT2D eigenvalue weighted by atomic mass is 10.2. The Kier molecular flexibility index (Phi) is 4.98. The van der Waals surface area contributed by atoms with E-state index in [0.717, 1.165) is 43.6 Å². The van der Waals surface area contributed by atoms with Gasteiger partial charge in [0.15, 0.2) is 0 Å². The Hall–Kier alpha value is -2.81. The minimum Gasteiger partial charge on any atom is -0.337 e. The van der Waals surface area contributed by atoms with Crippen LogP contribution in [0.15, 0.2) is 23.3 Å². The number of anilines is 1. The number of fused-ring (bicyclic) bond motifs is 2. The van der Waals surface area contributed by atoms with Crippen LogP contribution in [0.4, 0.5) is 5.95 Å². The molecule has 2 aliphatic heterocycles. The van der Waals surface area contributed by atoms with Gasteiger partial charge in [-0.25, -0.2) is 15.0 Å². The van der Waals surface area contributed by atoms with E-state index in [-0.39, 0.29) is 11.5 Å². The number of amides is 1. The Morgan fingerprint density at radius 3 is 2.57 bits per heavy atom. The van der Waals surface area contributed by atoms with E-state index in [4.69, 9.17) is 4.98 Å². The summed E-state index contributed by atoms with van der Waals surface area (Å²) in [5, 5.41) is 0.616. The third-order valence-corrected chi connectivity index (χ3v) is 7.18. The maximum atomic E-state index is 13.3. The molecule has 0 radical (unpaired) electrons. The number of piperazine rings is 1. The van der Waals surface area contributed by atoms with Crippen LogP contribution in [0.3, 0.4) is 0 Å². The van der Waals surface area contributed by atoms with Gasteiger partial charge in [0.25, 0.3) is 11.5 Å². The third kappa shape index (κ3) is 3.27. The van der Waals surface area contributed by atoms with Crippen molar-refractivity contribution in [2.45, 2.75) is 39.2 Å². The fourth-order valence-corrected chi connectivity index (χ4v) is 5.48. The highest BCUT2D eigenvalue weighted by molar-refractivity contribution is 7.20. The van der Waals surface area contributed by atoms with Gasteiger partial charge in [-0.3, -0.25) is 14.2 Å². The molecule has 1 amide bonds. The fourth-order valence-electron chi connectivity index (χ4n) is 4.32. The van der Waals surface area contributed by atoms with Crippen LogP contribution in [-0.2, 0) is 13.0 Å². The second kappa shape index (κ2) is 7.79. The van der Waals surface area contributed by atoms with Crippen LogP contribution in [0.2, 0.25) is 0 Å². The molecule has 1 saturated heterocycles. The molecule has 0 atom stereocenters. The summed E-state index contributed by atoms with van der Waals surface area (Å²) < 4.78 is 1.82. The van der Waals surface area contributed by atoms with Crippen LogP contribution in [0, 0.1) is 6.92 Å². The molecule has 30 heavy (non-hydrogen) atoms. The summed E-state index contributed by atoms with van der Waals surface area (Å²) in [6.45, 7) is 5.19. The highest BCUT2D eigenvalue weighted by atomic mass is 32.1. The number of thiophene rings is 1. The summed E-state index contributed by atoms with van der Waals surface area (Å²) in [5.41, 5.74) is 0.779. The summed E-state index contributed by atoms with van der Waals surface area (Å²) >= 11 is 1.36. The fraction of sp³-hybridized carbons (Fsp3) is 0.476. The molecule has 3 aromatic rings. The lowest BCUT2D eigenvalue weighted by Crippen LogP contribution is -2.49. The predicted molar refractivity (Wildman–Crippen MR) is 116 cm³/mol. The number of aryl methyl sites for hydroxylation is 2. The van der Waals surface area contributed by atoms with E-state index in [0.29, 0.717) is 47.2 Å². The van der Waals surface area contributed by atoms with E-state index in [1.807, 2.05) is 16.4 Å². The largest absolute Gasteiger partial charge is 0.337 e. The van der Waals surface area contributed by atoms with Crippen LogP contribution in [0.5, 0.6) is 0 Å². The SMILES string of the molecule is Cc1c(C(=O)N2CCN(c3ncccn3)CC2)sc2nc3n(c(=O)c12)CCCCC3. The van der Waals surface area contributed by atoms with E-state index in [1.165, 1.54) is 11.3 Å². The van der Waals surface area contributed by atoms with Crippen LogP contribution < -0.4 is 10.5 Å². The Bertz CT molecular complexity index is 1150. The molecule has 5 rings (SSSR count). The monoisotopic (exact) mass is 424 g/mol. The van der Waals surface area contributed by atoms with Gasteiger partial charge in [0.05, 0.1) is 10.3 Å². The molecule has 3 aromatic heterocycles. The summed E-state index contributed by atoms with van der Waals surface area (Å²) in [6, 6.07) is 1.80. The van der Waals surface area contributed by atoms with Gasteiger partial charge in [-0.1, -0.05) is 6.42 Å². The van der Waals surface area contributed by atoms with Crippen molar-refractivity contribution < 1.29 is 4.79 Å². The van der Waals surface area contributed by atoms with Crippen LogP contribution in [0.25, 0.3) is 10.2 Å². The van der Waals surface area contributed by atoms with Crippen molar-refractivity contribution in [1.29, 1.82) is 0 Å². The molecule has 9 heteroatoms. The molecular formula is C21H24N6O2S. The van der Waals surface area contributed by atoms with Gasteiger partial charge >= 0.3 is 0 Å². The van der Waals surface area contributed by atoms with Crippen molar-refractivity contribution >= 4 is 33.4 Å². The van der Waals surface area contributed by atoms with Crippen molar-refractivity contribution in [2.75, 3.05) is 31.1 Å². The van der Waals surface area contributed by atoms with E-state index < -0.39 is 0 Å². The van der Waals surface area contributed by atoms with Crippen molar-refractivity contribution in [3.05, 3.63) is 45.1 Å². The van der Waals surface area contributed by atoms with Gasteiger partial charge in [-0.15, -0.1) is 11.3 Å². The van der Waals surface area contributed by atoms with Crippen molar-refractivity contribution in [1.82, 2.24) is 24.4 Å². The number of carbonyl (C=O) groups excluding carboxylic acids is 1. The van der Waals surface area contributed by atoms with Gasteiger partial charge in [0.2, 0.25) is 5.95 Å². The molecule has 0 aromatic carbocycles. The smallest absolute Gasteiger partial charge is 0.264 e. The maximum absolute atomic E-state index is 13.3. The lowest BCUT2D eigenvalue weighted by Gasteiger charge is -2.34. The number of carbonyl (C=O) groups is 1. The summed E-state index contributed by atoms with van der Waals surface area (Å²) in [4.78, 5) is 45.1. The zero-order chi connectivity index (χ0) is 20.7. The average Bonchev–Trinajstić information content (AvgIpc) is 2.95. The minimum absolute atomic E-state index is 0.00995. The average molecular weight is 425 g/mol. The molecule has 0 aliphatic carbocycles. The molecule has 0 bridgehead atoms. The van der Waals surface area contributed by atoms with Gasteiger partial charge < -0.3 is 9.80 Å². The van der Waals surface area contributed by atoms with Gasteiger partial charge in [-0.2, -0.15) is 0 Å². The first-order valence-electron chi connectivity index (χ1n) is 10.5. The number of nitrogens with zero attached hydrogens (tertiary/aromatic N) is 6. The van der Waals surface area contributed by atoms with E-state index in [2.05, 4.69) is 14.9 Å². The first-order valence-corrected chi connectivity index (χ1v) is 11.3. The quantitative estimate of drug-likeness (QED) is 0.627. The normalized spacial score (nSPS) is 17.1. The number of hydrogen-bond acceptors (Lipinski definition) is 7. The molecular weight excluding hydrogens is 400 g/mol. The lowest BCUT2D eigenvalue weighted by molar-refractivity contribution is 0.0750. The highest BCUT2D eigenvalue weighted by Crippen LogP contribution is 2.29. The Morgan fingerprint density at radius 2 is 1.80 bits per heavy atom. The van der Waals surface area contributed by atoms with Gasteiger partial charge in [0, 0.05) is 51.5 Å². The Morgan fingerprint density at radius 1 is 1.03 bits per heavy atom. The summed E-state index contributed by atoms with van der Waals surface area (Å²) in [6.07, 6.45) is 7.48. The topological polar surface area (TPSA) is 84.2 Å². The number of aromatic nitrogens is 4. The molecule has 0 unspecified atom stereocenters. The third-order valence-electron chi connectivity index (χ3n) is 6.01. The number of hydrogen-bond donors (Lipinski definition) is 0. The molecule has 0 N–H and O–H groups in total. The highest BCUT2D eigenvalue weighted by Gasteiger charge is 2.28. The van der Waals surface area contributed by atoms with Crippen LogP contribution in [0.1, 0.15) is 40.3 Å². The second-order valence-corrected chi connectivity index (χ2v) is 8.86. The summed E-state index contributed by atoms with van der Waals surface area (Å²) in [7, 11) is 0. The van der Waals surface area contributed by atoms with E-state index in [1.54, 1.807) is 18.5 Å². The Labute approximate surface area is 178 Å². The number of rotatable bonds is 2.